The molecule has 23 heavy (non-hydrogen) atoms. The van der Waals surface area contributed by atoms with Gasteiger partial charge in [0, 0.05) is 24.4 Å². The van der Waals surface area contributed by atoms with E-state index >= 15 is 0 Å². The summed E-state index contributed by atoms with van der Waals surface area (Å²) in [7, 11) is 2.09. The molecule has 0 saturated heterocycles. The van der Waals surface area contributed by atoms with Crippen molar-refractivity contribution in [2.75, 3.05) is 25.5 Å². The summed E-state index contributed by atoms with van der Waals surface area (Å²) in [6.07, 6.45) is 0.266. The normalized spacial score (nSPS) is 20.0. The molecule has 0 bridgehead atoms. The van der Waals surface area contributed by atoms with Crippen molar-refractivity contribution in [1.29, 1.82) is 0 Å². The molecule has 6 nitrogen and oxygen atoms in total. The standard InChI is InChI=1S/C16H17N3O3S/c1-19-7-6-10-14(8-19)23-16(17-10)18-15(20)13-9-21-11-4-2-3-5-12(11)22-13/h2-5,13H,6-9H2,1H3,(H,17,18,20). The molecule has 7 heteroatoms. The van der Waals surface area contributed by atoms with Crippen molar-refractivity contribution in [3.63, 3.8) is 0 Å². The summed E-state index contributed by atoms with van der Waals surface area (Å²) in [6.45, 7) is 2.09. The quantitative estimate of drug-likeness (QED) is 0.911. The first-order valence-electron chi connectivity index (χ1n) is 7.55. The maximum atomic E-state index is 12.4. The molecule has 0 saturated carbocycles. The molecule has 4 rings (SSSR count). The van der Waals surface area contributed by atoms with Crippen molar-refractivity contribution in [3.05, 3.63) is 34.8 Å². The number of nitrogens with one attached hydrogen (secondary N) is 1. The van der Waals surface area contributed by atoms with Gasteiger partial charge in [0.2, 0.25) is 6.10 Å². The number of ether oxygens (including phenoxy) is 2. The minimum atomic E-state index is -0.659. The summed E-state index contributed by atoms with van der Waals surface area (Å²) in [5.74, 6) is 1.04. The van der Waals surface area contributed by atoms with Crippen LogP contribution < -0.4 is 14.8 Å². The van der Waals surface area contributed by atoms with E-state index < -0.39 is 6.10 Å². The Morgan fingerprint density at radius 2 is 2.22 bits per heavy atom. The number of fused-ring (bicyclic) bond motifs is 2. The molecule has 0 radical (unpaired) electrons. The van der Waals surface area contributed by atoms with Crippen LogP contribution in [-0.4, -0.2) is 42.1 Å². The van der Waals surface area contributed by atoms with Gasteiger partial charge in [-0.25, -0.2) is 4.98 Å². The molecule has 1 aromatic carbocycles. The van der Waals surface area contributed by atoms with E-state index in [1.807, 2.05) is 18.2 Å². The number of thiazole rings is 1. The number of para-hydroxylation sites is 2. The number of carbonyl (C=O) groups is 1. The summed E-state index contributed by atoms with van der Waals surface area (Å²) < 4.78 is 11.3. The van der Waals surface area contributed by atoms with Gasteiger partial charge in [0.1, 0.15) is 6.61 Å². The fourth-order valence-corrected chi connectivity index (χ4v) is 3.80. The zero-order valence-corrected chi connectivity index (χ0v) is 13.6. The molecule has 0 aliphatic carbocycles. The van der Waals surface area contributed by atoms with Crippen LogP contribution in [0.5, 0.6) is 11.5 Å². The summed E-state index contributed by atoms with van der Waals surface area (Å²) in [6, 6.07) is 7.36. The highest BCUT2D eigenvalue weighted by Gasteiger charge is 2.28. The molecule has 1 amide bonds. The Hall–Kier alpha value is -2.12. The maximum absolute atomic E-state index is 12.4. The lowest BCUT2D eigenvalue weighted by Crippen LogP contribution is -2.40. The van der Waals surface area contributed by atoms with E-state index in [2.05, 4.69) is 22.2 Å². The van der Waals surface area contributed by atoms with Crippen molar-refractivity contribution in [3.8, 4) is 11.5 Å². The van der Waals surface area contributed by atoms with E-state index in [0.717, 1.165) is 25.2 Å². The molecule has 2 aliphatic rings. The molecule has 3 heterocycles. The summed E-state index contributed by atoms with van der Waals surface area (Å²) in [5, 5.41) is 3.50. The lowest BCUT2D eigenvalue weighted by Gasteiger charge is -2.25. The van der Waals surface area contributed by atoms with Crippen LogP contribution in [0.2, 0.25) is 0 Å². The van der Waals surface area contributed by atoms with Gasteiger partial charge in [0.05, 0.1) is 5.69 Å². The van der Waals surface area contributed by atoms with Crippen molar-refractivity contribution in [1.82, 2.24) is 9.88 Å². The van der Waals surface area contributed by atoms with Gasteiger partial charge in [-0.15, -0.1) is 11.3 Å². The number of hydrogen-bond donors (Lipinski definition) is 1. The van der Waals surface area contributed by atoms with Gasteiger partial charge in [-0.05, 0) is 19.2 Å². The minimum absolute atomic E-state index is 0.205. The largest absolute Gasteiger partial charge is 0.485 e. The number of benzene rings is 1. The highest BCUT2D eigenvalue weighted by Crippen LogP contribution is 2.32. The SMILES string of the molecule is CN1CCc2nc(NC(=O)C3COc4ccccc4O3)sc2C1. The molecule has 0 spiro atoms. The van der Waals surface area contributed by atoms with Crippen LogP contribution in [0.1, 0.15) is 10.6 Å². The molecular weight excluding hydrogens is 314 g/mol. The predicted molar refractivity (Wildman–Crippen MR) is 87.1 cm³/mol. The van der Waals surface area contributed by atoms with Crippen LogP contribution in [-0.2, 0) is 17.8 Å². The van der Waals surface area contributed by atoms with Crippen molar-refractivity contribution < 1.29 is 14.3 Å². The van der Waals surface area contributed by atoms with E-state index in [4.69, 9.17) is 9.47 Å². The summed E-state index contributed by atoms with van der Waals surface area (Å²) in [5.41, 5.74) is 1.09. The van der Waals surface area contributed by atoms with Crippen LogP contribution >= 0.6 is 11.3 Å². The van der Waals surface area contributed by atoms with Crippen molar-refractivity contribution in [2.24, 2.45) is 0 Å². The number of hydrogen-bond acceptors (Lipinski definition) is 6. The lowest BCUT2D eigenvalue weighted by molar-refractivity contribution is -0.125. The fraction of sp³-hybridized carbons (Fsp3) is 0.375. The number of nitrogens with zero attached hydrogens (tertiary/aromatic N) is 2. The fourth-order valence-electron chi connectivity index (χ4n) is 2.71. The Morgan fingerprint density at radius 3 is 3.09 bits per heavy atom. The Morgan fingerprint density at radius 1 is 1.39 bits per heavy atom. The van der Waals surface area contributed by atoms with Crippen LogP contribution in [0.3, 0.4) is 0 Å². The molecule has 1 atom stereocenters. The third kappa shape index (κ3) is 2.89. The van der Waals surface area contributed by atoms with Gasteiger partial charge in [-0.1, -0.05) is 12.1 Å². The third-order valence-corrected chi connectivity index (χ3v) is 4.95. The van der Waals surface area contributed by atoms with E-state index in [0.29, 0.717) is 16.6 Å². The second-order valence-electron chi connectivity index (χ2n) is 5.73. The van der Waals surface area contributed by atoms with E-state index in [1.54, 1.807) is 6.07 Å². The number of anilines is 1. The molecule has 2 aliphatic heterocycles. The van der Waals surface area contributed by atoms with Crippen LogP contribution in [0.25, 0.3) is 0 Å². The van der Waals surface area contributed by atoms with E-state index in [9.17, 15) is 4.79 Å². The number of aromatic nitrogens is 1. The first kappa shape index (κ1) is 14.5. The second-order valence-corrected chi connectivity index (χ2v) is 6.81. The van der Waals surface area contributed by atoms with Gasteiger partial charge < -0.3 is 14.4 Å². The highest BCUT2D eigenvalue weighted by molar-refractivity contribution is 7.15. The molecule has 1 N–H and O–H groups in total. The van der Waals surface area contributed by atoms with Gasteiger partial charge >= 0.3 is 0 Å². The van der Waals surface area contributed by atoms with E-state index in [1.165, 1.54) is 16.2 Å². The van der Waals surface area contributed by atoms with Crippen LogP contribution in [0, 0.1) is 0 Å². The van der Waals surface area contributed by atoms with E-state index in [-0.39, 0.29) is 12.5 Å². The van der Waals surface area contributed by atoms with Gasteiger partial charge in [0.15, 0.2) is 16.6 Å². The zero-order valence-electron chi connectivity index (χ0n) is 12.7. The van der Waals surface area contributed by atoms with Crippen molar-refractivity contribution in [2.45, 2.75) is 19.1 Å². The number of likely N-dealkylation sites (N-methyl/N-ethyl adjacent to an activating group) is 1. The molecule has 0 fully saturated rings. The first-order valence-corrected chi connectivity index (χ1v) is 8.37. The first-order chi connectivity index (χ1) is 11.2. The Kier molecular flexibility index (Phi) is 3.66. The van der Waals surface area contributed by atoms with Gasteiger partial charge in [-0.2, -0.15) is 0 Å². The minimum Gasteiger partial charge on any atom is -0.485 e. The monoisotopic (exact) mass is 331 g/mol. The summed E-state index contributed by atoms with van der Waals surface area (Å²) in [4.78, 5) is 20.4. The Balaban J connectivity index is 1.45. The Bertz CT molecular complexity index is 746. The van der Waals surface area contributed by atoms with Crippen LogP contribution in [0.15, 0.2) is 24.3 Å². The second kappa shape index (κ2) is 5.82. The molecular formula is C16H17N3O3S. The van der Waals surface area contributed by atoms with Gasteiger partial charge in [0.25, 0.3) is 5.91 Å². The third-order valence-electron chi connectivity index (χ3n) is 3.95. The zero-order chi connectivity index (χ0) is 15.8. The van der Waals surface area contributed by atoms with Crippen molar-refractivity contribution >= 4 is 22.4 Å². The highest BCUT2D eigenvalue weighted by atomic mass is 32.1. The maximum Gasteiger partial charge on any atom is 0.270 e. The topological polar surface area (TPSA) is 63.7 Å². The van der Waals surface area contributed by atoms with Crippen LogP contribution in [0.4, 0.5) is 5.13 Å². The Labute approximate surface area is 138 Å². The lowest BCUT2D eigenvalue weighted by atomic mass is 10.2. The average molecular weight is 331 g/mol. The number of amides is 1. The smallest absolute Gasteiger partial charge is 0.270 e. The predicted octanol–water partition coefficient (Wildman–Crippen LogP) is 1.91. The number of carbonyl (C=O) groups excluding carboxylic acids is 1. The summed E-state index contributed by atoms with van der Waals surface area (Å²) >= 11 is 1.54. The molecule has 1 unspecified atom stereocenters. The van der Waals surface area contributed by atoms with Gasteiger partial charge in [-0.3, -0.25) is 10.1 Å². The average Bonchev–Trinajstić information content (AvgIpc) is 2.95. The molecule has 1 aromatic heterocycles. The number of rotatable bonds is 2. The molecule has 2 aromatic rings. The molecule has 120 valence electrons.